The largest absolute Gasteiger partial charge is 0.386 e. The van der Waals surface area contributed by atoms with Crippen molar-refractivity contribution in [3.63, 3.8) is 0 Å². The van der Waals surface area contributed by atoms with E-state index in [0.29, 0.717) is 11.1 Å². The molecule has 0 radical (unpaired) electrons. The molecule has 0 amide bonds. The Morgan fingerprint density at radius 2 is 1.50 bits per heavy atom. The molecule has 0 saturated heterocycles. The van der Waals surface area contributed by atoms with Gasteiger partial charge in [-0.05, 0) is 29.7 Å². The average molecular weight is 238 g/mol. The first kappa shape index (κ1) is 10.7. The van der Waals surface area contributed by atoms with E-state index >= 15 is 0 Å². The molecule has 0 atom stereocenters. The fourth-order valence-electron chi connectivity index (χ4n) is 2.07. The van der Waals surface area contributed by atoms with Gasteiger partial charge in [0.1, 0.15) is 0 Å². The number of rotatable bonds is 2. The molecule has 0 N–H and O–H groups in total. The van der Waals surface area contributed by atoms with Crippen molar-refractivity contribution in [1.29, 1.82) is 0 Å². The maximum Gasteiger partial charge on any atom is 0.346 e. The van der Waals surface area contributed by atoms with E-state index in [2.05, 4.69) is 4.74 Å². The van der Waals surface area contributed by atoms with Gasteiger partial charge in [-0.1, -0.05) is 36.4 Å². The molecule has 3 nitrogen and oxygen atoms in total. The highest BCUT2D eigenvalue weighted by atomic mass is 16.6. The lowest BCUT2D eigenvalue weighted by Gasteiger charge is -2.02. The monoisotopic (exact) mass is 238 g/mol. The van der Waals surface area contributed by atoms with E-state index in [4.69, 9.17) is 0 Å². The Kier molecular flexibility index (Phi) is 2.45. The summed E-state index contributed by atoms with van der Waals surface area (Å²) in [5, 5.41) is 0. The third kappa shape index (κ3) is 1.80. The molecule has 0 spiro atoms. The number of esters is 2. The first-order valence-corrected chi connectivity index (χ1v) is 5.67. The molecule has 3 heteroatoms. The zero-order valence-corrected chi connectivity index (χ0v) is 9.55. The maximum absolute atomic E-state index is 11.4. The lowest BCUT2D eigenvalue weighted by atomic mass is 10.0. The summed E-state index contributed by atoms with van der Waals surface area (Å²) in [6.45, 7) is 0. The van der Waals surface area contributed by atoms with Gasteiger partial charge in [-0.2, -0.15) is 0 Å². The number of ether oxygens (including phenoxy) is 1. The van der Waals surface area contributed by atoms with E-state index in [9.17, 15) is 9.59 Å². The summed E-state index contributed by atoms with van der Waals surface area (Å²) in [4.78, 5) is 22.7. The Morgan fingerprint density at radius 3 is 2.28 bits per heavy atom. The van der Waals surface area contributed by atoms with Crippen molar-refractivity contribution in [2.75, 3.05) is 0 Å². The Bertz CT molecular complexity index is 629. The molecule has 3 rings (SSSR count). The molecule has 2 aromatic rings. The zero-order valence-electron chi connectivity index (χ0n) is 9.55. The molecule has 0 bridgehead atoms. The summed E-state index contributed by atoms with van der Waals surface area (Å²) in [6, 6.07) is 15.2. The Balaban J connectivity index is 1.94. The van der Waals surface area contributed by atoms with E-state index in [0.717, 1.165) is 17.5 Å². The lowest BCUT2D eigenvalue weighted by Crippen LogP contribution is -1.97. The topological polar surface area (TPSA) is 43.4 Å². The van der Waals surface area contributed by atoms with Crippen LogP contribution < -0.4 is 0 Å². The van der Waals surface area contributed by atoms with Crippen molar-refractivity contribution < 1.29 is 14.3 Å². The van der Waals surface area contributed by atoms with Crippen LogP contribution in [0.4, 0.5) is 0 Å². The molecule has 2 aromatic carbocycles. The van der Waals surface area contributed by atoms with E-state index in [-0.39, 0.29) is 0 Å². The quantitative estimate of drug-likeness (QED) is 0.596. The number of carbonyl (C=O) groups excluding carboxylic acids is 2. The van der Waals surface area contributed by atoms with Crippen molar-refractivity contribution in [2.45, 2.75) is 6.42 Å². The minimum absolute atomic E-state index is 0.358. The molecule has 0 unspecified atom stereocenters. The van der Waals surface area contributed by atoms with Crippen molar-refractivity contribution in [1.82, 2.24) is 0 Å². The third-order valence-corrected chi connectivity index (χ3v) is 2.96. The minimum atomic E-state index is -0.554. The van der Waals surface area contributed by atoms with Crippen LogP contribution in [0.2, 0.25) is 0 Å². The molecular weight excluding hydrogens is 228 g/mol. The van der Waals surface area contributed by atoms with Crippen molar-refractivity contribution in [3.8, 4) is 0 Å². The first-order chi connectivity index (χ1) is 8.74. The van der Waals surface area contributed by atoms with E-state index in [1.165, 1.54) is 0 Å². The number of hydrogen-bond acceptors (Lipinski definition) is 3. The van der Waals surface area contributed by atoms with Crippen LogP contribution in [0.15, 0.2) is 48.5 Å². The number of benzene rings is 2. The van der Waals surface area contributed by atoms with Gasteiger partial charge in [-0.3, -0.25) is 0 Å². The molecule has 1 aliphatic heterocycles. The van der Waals surface area contributed by atoms with Gasteiger partial charge in [0.15, 0.2) is 0 Å². The summed E-state index contributed by atoms with van der Waals surface area (Å²) < 4.78 is 4.56. The van der Waals surface area contributed by atoms with Gasteiger partial charge in [0.2, 0.25) is 0 Å². The summed E-state index contributed by atoms with van der Waals surface area (Å²) in [6.07, 6.45) is 0.732. The highest BCUT2D eigenvalue weighted by molar-refractivity contribution is 6.14. The average Bonchev–Trinajstić information content (AvgIpc) is 2.66. The number of hydrogen-bond donors (Lipinski definition) is 0. The molecule has 0 aliphatic carbocycles. The maximum atomic E-state index is 11.4. The number of fused-ring (bicyclic) bond motifs is 1. The predicted octanol–water partition coefficient (Wildman–Crippen LogP) is 2.59. The smallest absolute Gasteiger partial charge is 0.346 e. The van der Waals surface area contributed by atoms with E-state index < -0.39 is 11.9 Å². The second-order valence-electron chi connectivity index (χ2n) is 4.22. The third-order valence-electron chi connectivity index (χ3n) is 2.96. The van der Waals surface area contributed by atoms with Crippen molar-refractivity contribution in [2.24, 2.45) is 0 Å². The molecule has 0 saturated carbocycles. The number of carbonyl (C=O) groups is 2. The van der Waals surface area contributed by atoms with Crippen LogP contribution in [-0.4, -0.2) is 11.9 Å². The zero-order chi connectivity index (χ0) is 12.5. The standard InChI is InChI=1S/C15H10O3/c16-14-12-7-6-11(9-13(12)15(17)18-14)8-10-4-2-1-3-5-10/h1-7,9H,8H2. The molecule has 18 heavy (non-hydrogen) atoms. The second kappa shape index (κ2) is 4.11. The number of cyclic esters (lactones) is 2. The van der Waals surface area contributed by atoms with Crippen LogP contribution >= 0.6 is 0 Å². The van der Waals surface area contributed by atoms with Crippen LogP contribution in [0.1, 0.15) is 31.8 Å². The predicted molar refractivity (Wildman–Crippen MR) is 65.4 cm³/mol. The van der Waals surface area contributed by atoms with Gasteiger partial charge < -0.3 is 4.74 Å². The molecule has 1 heterocycles. The fraction of sp³-hybridized carbons (Fsp3) is 0.0667. The second-order valence-corrected chi connectivity index (χ2v) is 4.22. The van der Waals surface area contributed by atoms with Crippen LogP contribution in [0.25, 0.3) is 0 Å². The van der Waals surface area contributed by atoms with Crippen molar-refractivity contribution >= 4 is 11.9 Å². The van der Waals surface area contributed by atoms with Gasteiger partial charge in [0.25, 0.3) is 0 Å². The SMILES string of the molecule is O=C1OC(=O)c2cc(Cc3ccccc3)ccc21. The normalized spacial score (nSPS) is 13.3. The summed E-state index contributed by atoms with van der Waals surface area (Å²) in [5.74, 6) is -1.11. The minimum Gasteiger partial charge on any atom is -0.386 e. The highest BCUT2D eigenvalue weighted by Gasteiger charge is 2.29. The molecule has 88 valence electrons. The first-order valence-electron chi connectivity index (χ1n) is 5.67. The van der Waals surface area contributed by atoms with Gasteiger partial charge in [0, 0.05) is 0 Å². The van der Waals surface area contributed by atoms with E-state index in [1.54, 1.807) is 12.1 Å². The van der Waals surface area contributed by atoms with E-state index in [1.807, 2.05) is 36.4 Å². The molecule has 0 aromatic heterocycles. The van der Waals surface area contributed by atoms with Gasteiger partial charge in [0.05, 0.1) is 11.1 Å². The lowest BCUT2D eigenvalue weighted by molar-refractivity contribution is 0.0444. The molecule has 0 fully saturated rings. The summed E-state index contributed by atoms with van der Waals surface area (Å²) in [7, 11) is 0. The summed E-state index contributed by atoms with van der Waals surface area (Å²) in [5.41, 5.74) is 2.88. The van der Waals surface area contributed by atoms with Crippen molar-refractivity contribution in [3.05, 3.63) is 70.8 Å². The molecular formula is C15H10O3. The van der Waals surface area contributed by atoms with Gasteiger partial charge >= 0.3 is 11.9 Å². The van der Waals surface area contributed by atoms with Crippen LogP contribution in [0.3, 0.4) is 0 Å². The van der Waals surface area contributed by atoms with Gasteiger partial charge in [-0.25, -0.2) is 9.59 Å². The Labute approximate surface area is 104 Å². The summed E-state index contributed by atoms with van der Waals surface area (Å²) >= 11 is 0. The van der Waals surface area contributed by atoms with Crippen LogP contribution in [0.5, 0.6) is 0 Å². The van der Waals surface area contributed by atoms with Crippen LogP contribution in [-0.2, 0) is 11.2 Å². The van der Waals surface area contributed by atoms with Gasteiger partial charge in [-0.15, -0.1) is 0 Å². The highest BCUT2D eigenvalue weighted by Crippen LogP contribution is 2.22. The van der Waals surface area contributed by atoms with Crippen LogP contribution in [0, 0.1) is 0 Å². The Hall–Kier alpha value is -2.42. The fourth-order valence-corrected chi connectivity index (χ4v) is 2.07. The molecule has 1 aliphatic rings. The Morgan fingerprint density at radius 1 is 0.778 bits per heavy atom.